The molecule has 1 aliphatic heterocycles. The van der Waals surface area contributed by atoms with Crippen molar-refractivity contribution in [1.82, 2.24) is 4.90 Å². The number of likely N-dealkylation sites (tertiary alicyclic amines) is 1. The van der Waals surface area contributed by atoms with Gasteiger partial charge in [0.25, 0.3) is 0 Å². The van der Waals surface area contributed by atoms with Gasteiger partial charge in [-0.2, -0.15) is 0 Å². The van der Waals surface area contributed by atoms with E-state index in [1.54, 1.807) is 0 Å². The number of piperidine rings is 1. The minimum Gasteiger partial charge on any atom is -0.464 e. The van der Waals surface area contributed by atoms with Gasteiger partial charge in [-0.1, -0.05) is 0 Å². The van der Waals surface area contributed by atoms with Gasteiger partial charge in [0.15, 0.2) is 6.10 Å². The molecule has 0 aromatic rings. The van der Waals surface area contributed by atoms with Crippen LogP contribution in [0.25, 0.3) is 0 Å². The summed E-state index contributed by atoms with van der Waals surface area (Å²) in [5.41, 5.74) is 0. The van der Waals surface area contributed by atoms with E-state index in [4.69, 9.17) is 18.9 Å². The molecule has 1 saturated heterocycles. The maximum absolute atomic E-state index is 11.9. The largest absolute Gasteiger partial charge is 0.464 e. The molecule has 0 aromatic heterocycles. The van der Waals surface area contributed by atoms with Crippen molar-refractivity contribution in [3.63, 3.8) is 0 Å². The van der Waals surface area contributed by atoms with Crippen LogP contribution in [-0.2, 0) is 33.3 Å². The SMILES string of the molecule is COC(=O)N1C[C@H](OC(C)=O)[C@H](OC(C)=O)C[C@H]1COC(C)=O. The number of amides is 1. The van der Waals surface area contributed by atoms with Crippen molar-refractivity contribution in [2.75, 3.05) is 20.3 Å². The molecule has 1 fully saturated rings. The van der Waals surface area contributed by atoms with Crippen LogP contribution in [0.2, 0.25) is 0 Å². The van der Waals surface area contributed by atoms with Crippen molar-refractivity contribution in [2.24, 2.45) is 0 Å². The second-order valence-electron chi connectivity index (χ2n) is 5.11. The van der Waals surface area contributed by atoms with Crippen LogP contribution in [-0.4, -0.2) is 67.4 Å². The maximum atomic E-state index is 11.9. The standard InChI is InChI=1S/C14H21NO8/c1-8(16)21-7-11-5-12(22-9(2)17)13(23-10(3)18)6-15(11)14(19)20-4/h11-13H,5-7H2,1-4H3/t11-,12+,13-/m0/s1. The molecule has 0 unspecified atom stereocenters. The molecule has 1 aliphatic rings. The lowest BCUT2D eigenvalue weighted by Crippen LogP contribution is -2.58. The van der Waals surface area contributed by atoms with Crippen LogP contribution in [0.5, 0.6) is 0 Å². The number of rotatable bonds is 4. The highest BCUT2D eigenvalue weighted by Gasteiger charge is 2.42. The smallest absolute Gasteiger partial charge is 0.409 e. The average molecular weight is 331 g/mol. The van der Waals surface area contributed by atoms with Crippen LogP contribution in [0.1, 0.15) is 27.2 Å². The Hall–Kier alpha value is -2.32. The molecule has 0 saturated carbocycles. The molecule has 0 N–H and O–H groups in total. The first kappa shape index (κ1) is 18.7. The number of ether oxygens (including phenoxy) is 4. The lowest BCUT2D eigenvalue weighted by molar-refractivity contribution is -0.175. The Labute approximate surface area is 133 Å². The van der Waals surface area contributed by atoms with Crippen molar-refractivity contribution < 1.29 is 38.1 Å². The third kappa shape index (κ3) is 5.76. The molecule has 23 heavy (non-hydrogen) atoms. The number of esters is 3. The van der Waals surface area contributed by atoms with Gasteiger partial charge in [-0.15, -0.1) is 0 Å². The van der Waals surface area contributed by atoms with E-state index < -0.39 is 42.3 Å². The third-order valence-electron chi connectivity index (χ3n) is 3.26. The Balaban J connectivity index is 2.94. The Kier molecular flexibility index (Phi) is 6.80. The Morgan fingerprint density at radius 2 is 1.52 bits per heavy atom. The van der Waals surface area contributed by atoms with E-state index in [1.165, 1.54) is 32.8 Å². The van der Waals surface area contributed by atoms with Gasteiger partial charge in [0.2, 0.25) is 0 Å². The Morgan fingerprint density at radius 1 is 0.957 bits per heavy atom. The normalized spacial score (nSPS) is 23.7. The van der Waals surface area contributed by atoms with E-state index in [0.29, 0.717) is 0 Å². The van der Waals surface area contributed by atoms with Gasteiger partial charge in [-0.25, -0.2) is 4.79 Å². The van der Waals surface area contributed by atoms with Gasteiger partial charge in [-0.05, 0) is 0 Å². The summed E-state index contributed by atoms with van der Waals surface area (Å²) in [6.07, 6.45) is -2.05. The van der Waals surface area contributed by atoms with Gasteiger partial charge in [0.05, 0.1) is 19.7 Å². The summed E-state index contributed by atoms with van der Waals surface area (Å²) in [5.74, 6) is -1.60. The molecule has 9 nitrogen and oxygen atoms in total. The van der Waals surface area contributed by atoms with Crippen molar-refractivity contribution in [1.29, 1.82) is 0 Å². The summed E-state index contributed by atoms with van der Waals surface area (Å²) in [5, 5.41) is 0. The summed E-state index contributed by atoms with van der Waals surface area (Å²) < 4.78 is 19.9. The number of nitrogens with zero attached hydrogens (tertiary/aromatic N) is 1. The first-order chi connectivity index (χ1) is 10.7. The predicted octanol–water partition coefficient (Wildman–Crippen LogP) is 0.254. The average Bonchev–Trinajstić information content (AvgIpc) is 2.45. The molecule has 1 amide bonds. The first-order valence-corrected chi connectivity index (χ1v) is 7.07. The highest BCUT2D eigenvalue weighted by atomic mass is 16.6. The van der Waals surface area contributed by atoms with Crippen molar-refractivity contribution in [3.8, 4) is 0 Å². The second-order valence-corrected chi connectivity index (χ2v) is 5.11. The van der Waals surface area contributed by atoms with Crippen molar-refractivity contribution >= 4 is 24.0 Å². The van der Waals surface area contributed by atoms with E-state index >= 15 is 0 Å². The van der Waals surface area contributed by atoms with E-state index in [-0.39, 0.29) is 19.6 Å². The molecule has 0 aromatic carbocycles. The summed E-state index contributed by atoms with van der Waals surface area (Å²) >= 11 is 0. The van der Waals surface area contributed by atoms with Gasteiger partial charge < -0.3 is 18.9 Å². The quantitative estimate of drug-likeness (QED) is 0.533. The monoisotopic (exact) mass is 331 g/mol. The molecule has 3 atom stereocenters. The molecule has 130 valence electrons. The van der Waals surface area contributed by atoms with Crippen LogP contribution in [0.4, 0.5) is 4.79 Å². The molecule has 0 aliphatic carbocycles. The Bertz CT molecular complexity index is 477. The zero-order chi connectivity index (χ0) is 17.6. The zero-order valence-corrected chi connectivity index (χ0v) is 13.6. The number of methoxy groups -OCH3 is 1. The third-order valence-corrected chi connectivity index (χ3v) is 3.26. The molecule has 0 radical (unpaired) electrons. The molecule has 9 heteroatoms. The fourth-order valence-electron chi connectivity index (χ4n) is 2.38. The van der Waals surface area contributed by atoms with Crippen molar-refractivity contribution in [3.05, 3.63) is 0 Å². The van der Waals surface area contributed by atoms with Crippen molar-refractivity contribution in [2.45, 2.75) is 45.4 Å². The summed E-state index contributed by atoms with van der Waals surface area (Å²) in [4.78, 5) is 46.6. The van der Waals surface area contributed by atoms with Crippen LogP contribution in [0.3, 0.4) is 0 Å². The topological polar surface area (TPSA) is 108 Å². The van der Waals surface area contributed by atoms with E-state index in [0.717, 1.165) is 0 Å². The minimum absolute atomic E-state index is 0.0316. The highest BCUT2D eigenvalue weighted by molar-refractivity contribution is 5.70. The highest BCUT2D eigenvalue weighted by Crippen LogP contribution is 2.24. The van der Waals surface area contributed by atoms with Crippen LogP contribution in [0.15, 0.2) is 0 Å². The number of carbonyl (C=O) groups excluding carboxylic acids is 4. The Morgan fingerprint density at radius 3 is 2.00 bits per heavy atom. The van der Waals surface area contributed by atoms with Crippen LogP contribution in [0, 0.1) is 0 Å². The summed E-state index contributed by atoms with van der Waals surface area (Å²) in [6.45, 7) is 3.60. The first-order valence-electron chi connectivity index (χ1n) is 7.07. The predicted molar refractivity (Wildman–Crippen MR) is 75.3 cm³/mol. The fraction of sp³-hybridized carbons (Fsp3) is 0.714. The molecular weight excluding hydrogens is 310 g/mol. The zero-order valence-electron chi connectivity index (χ0n) is 13.6. The van der Waals surface area contributed by atoms with Crippen LogP contribution < -0.4 is 0 Å². The number of carbonyl (C=O) groups is 4. The summed E-state index contributed by atoms with van der Waals surface area (Å²) in [7, 11) is 1.21. The molecule has 0 spiro atoms. The molecular formula is C14H21NO8. The van der Waals surface area contributed by atoms with Gasteiger partial charge in [0, 0.05) is 27.2 Å². The molecule has 0 bridgehead atoms. The van der Waals surface area contributed by atoms with Crippen LogP contribution >= 0.6 is 0 Å². The second kappa shape index (κ2) is 8.35. The number of hydrogen-bond acceptors (Lipinski definition) is 8. The van der Waals surface area contributed by atoms with Gasteiger partial charge in [-0.3, -0.25) is 19.3 Å². The fourth-order valence-corrected chi connectivity index (χ4v) is 2.38. The molecule has 1 heterocycles. The summed E-state index contributed by atoms with van der Waals surface area (Å²) in [6, 6.07) is -0.553. The van der Waals surface area contributed by atoms with E-state index in [1.807, 2.05) is 0 Å². The number of hydrogen-bond donors (Lipinski definition) is 0. The lowest BCUT2D eigenvalue weighted by Gasteiger charge is -2.41. The van der Waals surface area contributed by atoms with E-state index in [9.17, 15) is 19.2 Å². The van der Waals surface area contributed by atoms with Gasteiger partial charge >= 0.3 is 24.0 Å². The van der Waals surface area contributed by atoms with E-state index in [2.05, 4.69) is 0 Å². The molecule has 1 rings (SSSR count). The minimum atomic E-state index is -0.816. The lowest BCUT2D eigenvalue weighted by atomic mass is 9.97. The van der Waals surface area contributed by atoms with Gasteiger partial charge in [0.1, 0.15) is 12.7 Å². The maximum Gasteiger partial charge on any atom is 0.409 e.